The lowest BCUT2D eigenvalue weighted by atomic mass is 10.6. The van der Waals surface area contributed by atoms with Gasteiger partial charge in [-0.1, -0.05) is 11.8 Å². The Balaban J connectivity index is 2.92. The van der Waals surface area contributed by atoms with Gasteiger partial charge in [0.15, 0.2) is 0 Å². The number of oxazole rings is 1. The highest BCUT2D eigenvalue weighted by Gasteiger charge is 2.05. The van der Waals surface area contributed by atoms with Crippen molar-refractivity contribution in [3.8, 4) is 0 Å². The third-order valence-electron chi connectivity index (χ3n) is 1.10. The van der Waals surface area contributed by atoms with Crippen molar-refractivity contribution in [2.75, 3.05) is 12.5 Å². The number of thioether (sulfide) groups is 2. The molecule has 0 aromatic carbocycles. The van der Waals surface area contributed by atoms with Gasteiger partial charge in [0.2, 0.25) is 0 Å². The van der Waals surface area contributed by atoms with Crippen molar-refractivity contribution in [3.63, 3.8) is 0 Å². The molecule has 0 saturated carbocycles. The van der Waals surface area contributed by atoms with Crippen LogP contribution in [-0.4, -0.2) is 17.5 Å². The second-order valence-corrected chi connectivity index (χ2v) is 3.30. The van der Waals surface area contributed by atoms with Crippen molar-refractivity contribution in [2.45, 2.75) is 17.2 Å². The number of hydrogen-bond acceptors (Lipinski definition) is 4. The van der Waals surface area contributed by atoms with E-state index in [1.165, 1.54) is 11.8 Å². The van der Waals surface area contributed by atoms with E-state index in [9.17, 15) is 0 Å². The van der Waals surface area contributed by atoms with E-state index in [0.717, 1.165) is 16.0 Å². The van der Waals surface area contributed by atoms with E-state index in [1.54, 1.807) is 11.8 Å². The lowest BCUT2D eigenvalue weighted by molar-refractivity contribution is 0.431. The summed E-state index contributed by atoms with van der Waals surface area (Å²) in [6, 6.07) is 0. The van der Waals surface area contributed by atoms with Crippen LogP contribution >= 0.6 is 23.5 Å². The highest BCUT2D eigenvalue weighted by molar-refractivity contribution is 7.99. The third-order valence-corrected chi connectivity index (χ3v) is 2.39. The molecule has 0 fully saturated rings. The van der Waals surface area contributed by atoms with Gasteiger partial charge in [-0.05, 0) is 19.4 Å². The summed E-state index contributed by atoms with van der Waals surface area (Å²) in [7, 11) is 0. The molecule has 1 rings (SSSR count). The van der Waals surface area contributed by atoms with Gasteiger partial charge in [0, 0.05) is 0 Å². The highest BCUT2D eigenvalue weighted by Crippen LogP contribution is 2.23. The van der Waals surface area contributed by atoms with E-state index in [-0.39, 0.29) is 0 Å². The molecule has 0 aliphatic carbocycles. The quantitative estimate of drug-likeness (QED) is 0.645. The lowest BCUT2D eigenvalue weighted by Crippen LogP contribution is -1.70. The molecule has 56 valence electrons. The van der Waals surface area contributed by atoms with Gasteiger partial charge in [-0.15, -0.1) is 11.8 Å². The van der Waals surface area contributed by atoms with Gasteiger partial charge < -0.3 is 4.42 Å². The van der Waals surface area contributed by atoms with Gasteiger partial charge in [-0.2, -0.15) is 4.98 Å². The van der Waals surface area contributed by atoms with Crippen LogP contribution in [0.5, 0.6) is 0 Å². The molecule has 1 aromatic heterocycles. The molecule has 0 spiro atoms. The third kappa shape index (κ3) is 1.49. The van der Waals surface area contributed by atoms with Gasteiger partial charge in [-0.3, -0.25) is 0 Å². The molecule has 4 heteroatoms. The van der Waals surface area contributed by atoms with E-state index >= 15 is 0 Å². The van der Waals surface area contributed by atoms with Crippen LogP contribution in [0, 0.1) is 6.92 Å². The van der Waals surface area contributed by atoms with Gasteiger partial charge in [0.05, 0.1) is 0 Å². The first-order valence-electron chi connectivity index (χ1n) is 2.83. The van der Waals surface area contributed by atoms with E-state index in [4.69, 9.17) is 4.42 Å². The minimum absolute atomic E-state index is 0.752. The molecule has 0 saturated heterocycles. The van der Waals surface area contributed by atoms with Crippen LogP contribution in [0.3, 0.4) is 0 Å². The minimum Gasteiger partial charge on any atom is -0.436 e. The summed E-state index contributed by atoms with van der Waals surface area (Å²) >= 11 is 3.14. The van der Waals surface area contributed by atoms with Crippen LogP contribution in [0.25, 0.3) is 0 Å². The van der Waals surface area contributed by atoms with Gasteiger partial charge in [0.25, 0.3) is 5.22 Å². The SMILES string of the molecule is CSc1nc(SC)c(C)o1. The number of rotatable bonds is 2. The van der Waals surface area contributed by atoms with Crippen molar-refractivity contribution in [1.82, 2.24) is 4.98 Å². The molecule has 1 aromatic rings. The zero-order valence-electron chi connectivity index (χ0n) is 6.17. The molecular formula is C6H9NOS2. The summed E-state index contributed by atoms with van der Waals surface area (Å²) in [6.45, 7) is 1.93. The first kappa shape index (κ1) is 8.01. The Morgan fingerprint density at radius 1 is 1.30 bits per heavy atom. The molecule has 0 atom stereocenters. The Hall–Kier alpha value is -0.0900. The minimum atomic E-state index is 0.752. The summed E-state index contributed by atoms with van der Waals surface area (Å²) in [5.41, 5.74) is 0. The van der Waals surface area contributed by atoms with Gasteiger partial charge >= 0.3 is 0 Å². The zero-order chi connectivity index (χ0) is 7.56. The van der Waals surface area contributed by atoms with Crippen molar-refractivity contribution in [2.24, 2.45) is 0 Å². The summed E-state index contributed by atoms with van der Waals surface area (Å²) < 4.78 is 5.29. The van der Waals surface area contributed by atoms with Crippen LogP contribution in [0.2, 0.25) is 0 Å². The molecular weight excluding hydrogens is 166 g/mol. The van der Waals surface area contributed by atoms with E-state index in [2.05, 4.69) is 4.98 Å². The Labute approximate surface area is 68.8 Å². The van der Waals surface area contributed by atoms with Crippen LogP contribution in [0.4, 0.5) is 0 Å². The normalized spacial score (nSPS) is 10.3. The summed E-state index contributed by atoms with van der Waals surface area (Å²) in [5.74, 6) is 0.914. The molecule has 0 N–H and O–H groups in total. The molecule has 0 aliphatic rings. The predicted octanol–water partition coefficient (Wildman–Crippen LogP) is 2.43. The number of aromatic nitrogens is 1. The fourth-order valence-corrected chi connectivity index (χ4v) is 1.59. The largest absolute Gasteiger partial charge is 0.436 e. The highest BCUT2D eigenvalue weighted by atomic mass is 32.2. The fraction of sp³-hybridized carbons (Fsp3) is 0.500. The van der Waals surface area contributed by atoms with Crippen LogP contribution < -0.4 is 0 Å². The summed E-state index contributed by atoms with van der Waals surface area (Å²) in [6.07, 6.45) is 3.95. The Kier molecular flexibility index (Phi) is 2.68. The number of hydrogen-bond donors (Lipinski definition) is 0. The Morgan fingerprint density at radius 2 is 2.00 bits per heavy atom. The second-order valence-electron chi connectivity index (χ2n) is 1.75. The van der Waals surface area contributed by atoms with Crippen molar-refractivity contribution >= 4 is 23.5 Å². The fourth-order valence-electron chi connectivity index (χ4n) is 0.636. The van der Waals surface area contributed by atoms with Crippen LogP contribution in [0.1, 0.15) is 5.76 Å². The van der Waals surface area contributed by atoms with Crippen LogP contribution in [0.15, 0.2) is 14.7 Å². The smallest absolute Gasteiger partial charge is 0.256 e. The maximum atomic E-state index is 5.29. The average Bonchev–Trinajstić information content (AvgIpc) is 2.30. The van der Waals surface area contributed by atoms with E-state index in [1.807, 2.05) is 19.4 Å². The average molecular weight is 175 g/mol. The summed E-state index contributed by atoms with van der Waals surface area (Å²) in [5, 5.41) is 1.74. The first-order valence-corrected chi connectivity index (χ1v) is 5.28. The number of nitrogens with zero attached hydrogens (tertiary/aromatic N) is 1. The predicted molar refractivity (Wildman–Crippen MR) is 44.8 cm³/mol. The molecule has 10 heavy (non-hydrogen) atoms. The van der Waals surface area contributed by atoms with E-state index < -0.39 is 0 Å². The molecule has 0 bridgehead atoms. The van der Waals surface area contributed by atoms with E-state index in [0.29, 0.717) is 0 Å². The maximum Gasteiger partial charge on any atom is 0.256 e. The standard InChI is InChI=1S/C6H9NOS2/c1-4-5(9-2)7-6(8-4)10-3/h1-3H3. The monoisotopic (exact) mass is 175 g/mol. The van der Waals surface area contributed by atoms with Crippen molar-refractivity contribution in [3.05, 3.63) is 5.76 Å². The second kappa shape index (κ2) is 3.34. The lowest BCUT2D eigenvalue weighted by Gasteiger charge is -1.83. The van der Waals surface area contributed by atoms with Crippen LogP contribution in [-0.2, 0) is 0 Å². The topological polar surface area (TPSA) is 26.0 Å². The summed E-state index contributed by atoms with van der Waals surface area (Å²) in [4.78, 5) is 4.21. The molecule has 2 nitrogen and oxygen atoms in total. The molecule has 0 amide bonds. The maximum absolute atomic E-state index is 5.29. The molecule has 0 aliphatic heterocycles. The Bertz CT molecular complexity index is 222. The van der Waals surface area contributed by atoms with Crippen molar-refractivity contribution < 1.29 is 4.42 Å². The molecule has 0 unspecified atom stereocenters. The van der Waals surface area contributed by atoms with Crippen molar-refractivity contribution in [1.29, 1.82) is 0 Å². The Morgan fingerprint density at radius 3 is 2.30 bits per heavy atom. The molecule has 1 heterocycles. The van der Waals surface area contributed by atoms with Gasteiger partial charge in [-0.25, -0.2) is 0 Å². The molecule has 0 radical (unpaired) electrons. The number of aryl methyl sites for hydroxylation is 1. The first-order chi connectivity index (χ1) is 4.77. The zero-order valence-corrected chi connectivity index (χ0v) is 7.80. The van der Waals surface area contributed by atoms with Gasteiger partial charge in [0.1, 0.15) is 10.8 Å².